The Morgan fingerprint density at radius 1 is 1.43 bits per heavy atom. The minimum atomic E-state index is -0.854. The lowest BCUT2D eigenvalue weighted by Gasteiger charge is -2.33. The number of nitrogens with zero attached hydrogens (tertiary/aromatic N) is 4. The molecule has 1 fully saturated rings. The van der Waals surface area contributed by atoms with E-state index in [1.54, 1.807) is 12.4 Å². The summed E-state index contributed by atoms with van der Waals surface area (Å²) in [5, 5.41) is 12.4. The average Bonchev–Trinajstić information content (AvgIpc) is 2.53. The minimum absolute atomic E-state index is 0.0162. The van der Waals surface area contributed by atoms with Crippen LogP contribution in [0.25, 0.3) is 11.2 Å². The van der Waals surface area contributed by atoms with Gasteiger partial charge in [-0.15, -0.1) is 0 Å². The Hall–Kier alpha value is -2.44. The Morgan fingerprint density at radius 2 is 2.33 bits per heavy atom. The number of piperidine rings is 1. The second-order valence-corrected chi connectivity index (χ2v) is 5.11. The Kier molecular flexibility index (Phi) is 3.81. The number of amides is 1. The third kappa shape index (κ3) is 3.01. The molecule has 0 aliphatic carbocycles. The summed E-state index contributed by atoms with van der Waals surface area (Å²) in [6.45, 7) is 1.14. The van der Waals surface area contributed by atoms with E-state index in [2.05, 4.69) is 20.3 Å². The van der Waals surface area contributed by atoms with Gasteiger partial charge in [-0.05, 0) is 31.4 Å². The summed E-state index contributed by atoms with van der Waals surface area (Å²) in [5.74, 6) is 0.622. The molecular formula is C14H17N5O2. The van der Waals surface area contributed by atoms with Crippen molar-refractivity contribution in [1.82, 2.24) is 19.9 Å². The van der Waals surface area contributed by atoms with Crippen molar-refractivity contribution < 1.29 is 9.90 Å². The first-order chi connectivity index (χ1) is 10.2. The molecule has 21 heavy (non-hydrogen) atoms. The van der Waals surface area contributed by atoms with Crippen molar-refractivity contribution in [3.8, 4) is 0 Å². The number of anilines is 1. The van der Waals surface area contributed by atoms with Crippen molar-refractivity contribution in [2.24, 2.45) is 0 Å². The molecule has 0 saturated carbocycles. The molecule has 3 rings (SSSR count). The normalized spacial score (nSPS) is 18.7. The van der Waals surface area contributed by atoms with Gasteiger partial charge < -0.3 is 15.3 Å². The fraction of sp³-hybridized carbons (Fsp3) is 0.429. The van der Waals surface area contributed by atoms with Gasteiger partial charge >= 0.3 is 6.09 Å². The van der Waals surface area contributed by atoms with Gasteiger partial charge in [-0.3, -0.25) is 0 Å². The number of carboxylic acid groups (broad SMARTS) is 1. The maximum absolute atomic E-state index is 11.2. The third-order valence-electron chi connectivity index (χ3n) is 3.71. The minimum Gasteiger partial charge on any atom is -0.465 e. The second-order valence-electron chi connectivity index (χ2n) is 5.11. The van der Waals surface area contributed by atoms with Crippen LogP contribution in [0, 0.1) is 0 Å². The Labute approximate surface area is 122 Å². The number of hydrogen-bond acceptors (Lipinski definition) is 5. The molecule has 1 atom stereocenters. The Morgan fingerprint density at radius 3 is 3.19 bits per heavy atom. The average molecular weight is 287 g/mol. The predicted molar refractivity (Wildman–Crippen MR) is 78.2 cm³/mol. The van der Waals surface area contributed by atoms with Crippen molar-refractivity contribution in [3.63, 3.8) is 0 Å². The van der Waals surface area contributed by atoms with Gasteiger partial charge in [-0.25, -0.2) is 19.7 Å². The summed E-state index contributed by atoms with van der Waals surface area (Å²) in [5.41, 5.74) is 1.33. The zero-order valence-electron chi connectivity index (χ0n) is 11.6. The highest BCUT2D eigenvalue weighted by Gasteiger charge is 2.26. The first kappa shape index (κ1) is 13.5. The van der Waals surface area contributed by atoms with Crippen molar-refractivity contribution in [1.29, 1.82) is 0 Å². The molecule has 2 N–H and O–H groups in total. The zero-order chi connectivity index (χ0) is 14.7. The van der Waals surface area contributed by atoms with Crippen LogP contribution in [0.3, 0.4) is 0 Å². The summed E-state index contributed by atoms with van der Waals surface area (Å²) < 4.78 is 0. The third-order valence-corrected chi connectivity index (χ3v) is 3.71. The summed E-state index contributed by atoms with van der Waals surface area (Å²) in [4.78, 5) is 25.5. The van der Waals surface area contributed by atoms with Crippen LogP contribution in [0.4, 0.5) is 10.6 Å². The second kappa shape index (κ2) is 5.90. The van der Waals surface area contributed by atoms with Gasteiger partial charge in [0.15, 0.2) is 5.65 Å². The maximum Gasteiger partial charge on any atom is 0.407 e. The summed E-state index contributed by atoms with van der Waals surface area (Å²) in [7, 11) is 0. The van der Waals surface area contributed by atoms with E-state index in [1.807, 2.05) is 12.1 Å². The number of hydrogen-bond donors (Lipinski definition) is 2. The van der Waals surface area contributed by atoms with E-state index in [0.717, 1.165) is 24.8 Å². The Balaban J connectivity index is 1.69. The topological polar surface area (TPSA) is 91.2 Å². The van der Waals surface area contributed by atoms with Crippen molar-refractivity contribution in [2.45, 2.75) is 25.3 Å². The molecule has 7 nitrogen and oxygen atoms in total. The van der Waals surface area contributed by atoms with Crippen molar-refractivity contribution >= 4 is 23.1 Å². The molecule has 110 valence electrons. The SMILES string of the molecule is O=C(O)N1CCCCC1CNc1cnc2cccnc2n1. The van der Waals surface area contributed by atoms with Gasteiger partial charge in [0, 0.05) is 19.3 Å². The van der Waals surface area contributed by atoms with Gasteiger partial charge in [0.05, 0.1) is 12.2 Å². The number of nitrogens with one attached hydrogen (secondary N) is 1. The molecule has 1 amide bonds. The van der Waals surface area contributed by atoms with E-state index >= 15 is 0 Å². The fourth-order valence-corrected chi connectivity index (χ4v) is 2.62. The smallest absolute Gasteiger partial charge is 0.407 e. The van der Waals surface area contributed by atoms with Crippen LogP contribution in [0.2, 0.25) is 0 Å². The number of likely N-dealkylation sites (tertiary alicyclic amines) is 1. The van der Waals surface area contributed by atoms with Crippen LogP contribution in [0.15, 0.2) is 24.5 Å². The molecule has 1 aliphatic heterocycles. The first-order valence-corrected chi connectivity index (χ1v) is 7.05. The highest BCUT2D eigenvalue weighted by Crippen LogP contribution is 2.18. The molecule has 1 saturated heterocycles. The van der Waals surface area contributed by atoms with Crippen molar-refractivity contribution in [2.75, 3.05) is 18.4 Å². The number of pyridine rings is 1. The van der Waals surface area contributed by atoms with E-state index in [-0.39, 0.29) is 6.04 Å². The van der Waals surface area contributed by atoms with Crippen LogP contribution >= 0.6 is 0 Å². The van der Waals surface area contributed by atoms with Gasteiger partial charge in [0.2, 0.25) is 0 Å². The van der Waals surface area contributed by atoms with E-state index in [0.29, 0.717) is 24.6 Å². The first-order valence-electron chi connectivity index (χ1n) is 7.05. The summed E-state index contributed by atoms with van der Waals surface area (Å²) in [6.07, 6.45) is 5.33. The lowest BCUT2D eigenvalue weighted by molar-refractivity contribution is 0.110. The number of fused-ring (bicyclic) bond motifs is 1. The molecule has 1 aliphatic rings. The lowest BCUT2D eigenvalue weighted by Crippen LogP contribution is -2.46. The van der Waals surface area contributed by atoms with Gasteiger partial charge in [0.25, 0.3) is 0 Å². The van der Waals surface area contributed by atoms with Gasteiger partial charge in [-0.1, -0.05) is 0 Å². The van der Waals surface area contributed by atoms with Crippen molar-refractivity contribution in [3.05, 3.63) is 24.5 Å². The quantitative estimate of drug-likeness (QED) is 0.896. The van der Waals surface area contributed by atoms with E-state index in [1.165, 1.54) is 4.90 Å². The maximum atomic E-state index is 11.2. The fourth-order valence-electron chi connectivity index (χ4n) is 2.62. The molecule has 0 spiro atoms. The van der Waals surface area contributed by atoms with Crippen LogP contribution in [0.5, 0.6) is 0 Å². The van der Waals surface area contributed by atoms with E-state index in [9.17, 15) is 9.90 Å². The highest BCUT2D eigenvalue weighted by molar-refractivity contribution is 5.70. The van der Waals surface area contributed by atoms with Gasteiger partial charge in [0.1, 0.15) is 11.3 Å². The number of rotatable bonds is 3. The molecule has 0 bridgehead atoms. The zero-order valence-corrected chi connectivity index (χ0v) is 11.6. The molecule has 2 aromatic rings. The molecule has 2 aromatic heterocycles. The largest absolute Gasteiger partial charge is 0.465 e. The van der Waals surface area contributed by atoms with Crippen LogP contribution in [-0.4, -0.2) is 50.2 Å². The predicted octanol–water partition coefficient (Wildman–Crippen LogP) is 1.97. The van der Waals surface area contributed by atoms with Crippen LogP contribution in [0.1, 0.15) is 19.3 Å². The highest BCUT2D eigenvalue weighted by atomic mass is 16.4. The molecule has 1 unspecified atom stereocenters. The van der Waals surface area contributed by atoms with E-state index < -0.39 is 6.09 Å². The van der Waals surface area contributed by atoms with Crippen LogP contribution < -0.4 is 5.32 Å². The van der Waals surface area contributed by atoms with E-state index in [4.69, 9.17) is 0 Å². The monoisotopic (exact) mass is 287 g/mol. The summed E-state index contributed by atoms with van der Waals surface area (Å²) >= 11 is 0. The molecule has 7 heteroatoms. The molecule has 0 radical (unpaired) electrons. The number of carbonyl (C=O) groups is 1. The van der Waals surface area contributed by atoms with Crippen LogP contribution in [-0.2, 0) is 0 Å². The molecular weight excluding hydrogens is 270 g/mol. The number of aromatic nitrogens is 3. The lowest BCUT2D eigenvalue weighted by atomic mass is 10.0. The standard InChI is InChI=1S/C14H17N5O2/c20-14(21)19-7-2-1-4-10(19)8-17-12-9-16-11-5-3-6-15-13(11)18-12/h3,5-6,9-10H,1-2,4,7-8H2,(H,20,21)(H,15,17,18). The molecule has 0 aromatic carbocycles. The molecule has 3 heterocycles. The summed E-state index contributed by atoms with van der Waals surface area (Å²) in [6, 6.07) is 3.65. The Bertz CT molecular complexity index is 648. The van der Waals surface area contributed by atoms with Gasteiger partial charge in [-0.2, -0.15) is 0 Å².